The number of amides is 1. The summed E-state index contributed by atoms with van der Waals surface area (Å²) in [4.78, 5) is 11.1. The minimum Gasteiger partial charge on any atom is -0.355 e. The van der Waals surface area contributed by atoms with E-state index in [1.165, 1.54) is 18.3 Å². The molecule has 6 heteroatoms. The Labute approximate surface area is 122 Å². The fourth-order valence-corrected chi connectivity index (χ4v) is 4.74. The summed E-state index contributed by atoms with van der Waals surface area (Å²) in [5.41, 5.74) is 0.676. The maximum atomic E-state index is 12.7. The van der Waals surface area contributed by atoms with Crippen LogP contribution >= 0.6 is 11.3 Å². The molecule has 0 unspecified atom stereocenters. The molecule has 2 rings (SSSR count). The Bertz CT molecular complexity index is 664. The van der Waals surface area contributed by atoms with Gasteiger partial charge in [-0.15, -0.1) is 11.3 Å². The van der Waals surface area contributed by atoms with E-state index in [0.29, 0.717) is 9.77 Å². The Balaban J connectivity index is 2.39. The van der Waals surface area contributed by atoms with Crippen molar-refractivity contribution in [1.29, 1.82) is 0 Å². The van der Waals surface area contributed by atoms with Gasteiger partial charge in [0.15, 0.2) is 9.84 Å². The van der Waals surface area contributed by atoms with Gasteiger partial charge in [-0.1, -0.05) is 36.4 Å². The molecule has 0 radical (unpaired) electrons. The van der Waals surface area contributed by atoms with Crippen LogP contribution in [0.15, 0.2) is 52.1 Å². The van der Waals surface area contributed by atoms with Crippen molar-refractivity contribution < 1.29 is 13.2 Å². The Morgan fingerprint density at radius 3 is 2.45 bits per heavy atom. The van der Waals surface area contributed by atoms with Gasteiger partial charge in [0.25, 0.3) is 0 Å². The fourth-order valence-electron chi connectivity index (χ4n) is 1.88. The Morgan fingerprint density at radius 2 is 1.90 bits per heavy atom. The molecule has 0 bridgehead atoms. The molecule has 1 atom stereocenters. The lowest BCUT2D eigenvalue weighted by Gasteiger charge is -2.17. The van der Waals surface area contributed by atoms with E-state index in [0.717, 1.165) is 0 Å². The molecule has 0 saturated carbocycles. The van der Waals surface area contributed by atoms with Gasteiger partial charge in [-0.25, -0.2) is 8.42 Å². The third kappa shape index (κ3) is 3.26. The van der Waals surface area contributed by atoms with E-state index in [4.69, 9.17) is 0 Å². The summed E-state index contributed by atoms with van der Waals surface area (Å²) in [5, 5.41) is 3.56. The van der Waals surface area contributed by atoms with Crippen LogP contribution in [0.5, 0.6) is 0 Å². The van der Waals surface area contributed by atoms with Gasteiger partial charge < -0.3 is 5.32 Å². The number of thiophene rings is 1. The number of carbonyl (C=O) groups excluding carboxylic acids is 1. The first-order valence-corrected chi connectivity index (χ1v) is 8.51. The molecular formula is C14H15NO3S2. The Hall–Kier alpha value is -1.66. The van der Waals surface area contributed by atoms with Gasteiger partial charge in [-0.3, -0.25) is 4.79 Å². The minimum absolute atomic E-state index is 0.0690. The summed E-state index contributed by atoms with van der Waals surface area (Å²) in [6.45, 7) is 1.44. The smallest absolute Gasteiger partial charge is 0.216 e. The van der Waals surface area contributed by atoms with E-state index in [1.807, 2.05) is 6.07 Å². The maximum absolute atomic E-state index is 12.7. The highest BCUT2D eigenvalue weighted by Crippen LogP contribution is 2.30. The van der Waals surface area contributed by atoms with Gasteiger partial charge in [-0.2, -0.15) is 0 Å². The van der Waals surface area contributed by atoms with Gasteiger partial charge in [-0.05, 0) is 17.0 Å². The van der Waals surface area contributed by atoms with E-state index >= 15 is 0 Å². The van der Waals surface area contributed by atoms with E-state index in [9.17, 15) is 13.2 Å². The van der Waals surface area contributed by atoms with Crippen molar-refractivity contribution in [2.24, 2.45) is 0 Å². The van der Waals surface area contributed by atoms with Crippen molar-refractivity contribution in [3.8, 4) is 0 Å². The van der Waals surface area contributed by atoms with E-state index < -0.39 is 15.1 Å². The summed E-state index contributed by atoms with van der Waals surface area (Å²) >= 11 is 1.19. The van der Waals surface area contributed by atoms with E-state index in [2.05, 4.69) is 5.32 Å². The van der Waals surface area contributed by atoms with Gasteiger partial charge in [0, 0.05) is 13.5 Å². The number of sulfone groups is 1. The molecule has 1 N–H and O–H groups in total. The number of rotatable bonds is 5. The molecule has 0 saturated heterocycles. The van der Waals surface area contributed by atoms with Crippen LogP contribution in [-0.2, 0) is 14.6 Å². The lowest BCUT2D eigenvalue weighted by molar-refractivity contribution is -0.118. The molecule has 2 aromatic rings. The number of nitrogens with one attached hydrogen (secondary N) is 1. The maximum Gasteiger partial charge on any atom is 0.216 e. The molecule has 1 aromatic heterocycles. The normalized spacial score (nSPS) is 12.8. The number of carbonyl (C=O) groups is 1. The molecule has 1 amide bonds. The minimum atomic E-state index is -3.50. The summed E-state index contributed by atoms with van der Waals surface area (Å²) in [5.74, 6) is -0.243. The summed E-state index contributed by atoms with van der Waals surface area (Å²) in [6, 6.07) is 12.2. The quantitative estimate of drug-likeness (QED) is 0.922. The van der Waals surface area contributed by atoms with Crippen LogP contribution in [0.2, 0.25) is 0 Å². The van der Waals surface area contributed by atoms with Crippen molar-refractivity contribution in [1.82, 2.24) is 5.32 Å². The lowest BCUT2D eigenvalue weighted by atomic mass is 10.1. The highest BCUT2D eigenvalue weighted by Gasteiger charge is 2.29. The second kappa shape index (κ2) is 6.19. The molecular weight excluding hydrogens is 294 g/mol. The van der Waals surface area contributed by atoms with Crippen LogP contribution in [0.4, 0.5) is 0 Å². The second-order valence-corrected chi connectivity index (χ2v) is 7.62. The number of benzene rings is 1. The molecule has 1 aromatic carbocycles. The van der Waals surface area contributed by atoms with Crippen LogP contribution in [0, 0.1) is 0 Å². The third-order valence-corrected chi connectivity index (χ3v) is 6.39. The Kier molecular flexibility index (Phi) is 4.57. The first-order valence-electron chi connectivity index (χ1n) is 6.08. The molecule has 4 nitrogen and oxygen atoms in total. The van der Waals surface area contributed by atoms with Crippen LogP contribution in [0.1, 0.15) is 17.7 Å². The van der Waals surface area contributed by atoms with Crippen LogP contribution in [-0.4, -0.2) is 20.9 Å². The van der Waals surface area contributed by atoms with Crippen molar-refractivity contribution in [3.63, 3.8) is 0 Å². The standard InChI is InChI=1S/C14H15NO3S2/c1-11(16)15-10-13(12-6-3-2-4-7-12)20(17,18)14-8-5-9-19-14/h2-9,13H,10H2,1H3,(H,15,16)/t13-/m1/s1. The second-order valence-electron chi connectivity index (χ2n) is 4.31. The molecule has 0 aliphatic carbocycles. The zero-order chi connectivity index (χ0) is 14.6. The van der Waals surface area contributed by atoms with E-state index in [-0.39, 0.29) is 12.5 Å². The number of hydrogen-bond acceptors (Lipinski definition) is 4. The summed E-state index contributed by atoms with van der Waals surface area (Å²) in [7, 11) is -3.50. The van der Waals surface area contributed by atoms with Crippen molar-refractivity contribution in [3.05, 3.63) is 53.4 Å². The van der Waals surface area contributed by atoms with Crippen molar-refractivity contribution >= 4 is 27.1 Å². The third-order valence-electron chi connectivity index (χ3n) is 2.86. The van der Waals surface area contributed by atoms with Crippen molar-refractivity contribution in [2.75, 3.05) is 6.54 Å². The SMILES string of the molecule is CC(=O)NC[C@H](c1ccccc1)S(=O)(=O)c1cccs1. The summed E-state index contributed by atoms with van der Waals surface area (Å²) < 4.78 is 25.6. The van der Waals surface area contributed by atoms with Crippen molar-refractivity contribution in [2.45, 2.75) is 16.4 Å². The van der Waals surface area contributed by atoms with Gasteiger partial charge in [0.1, 0.15) is 9.46 Å². The predicted molar refractivity (Wildman–Crippen MR) is 79.4 cm³/mol. The molecule has 0 aliphatic heterocycles. The highest BCUT2D eigenvalue weighted by molar-refractivity contribution is 7.93. The van der Waals surface area contributed by atoms with Crippen LogP contribution in [0.3, 0.4) is 0 Å². The molecule has 1 heterocycles. The molecule has 0 aliphatic rings. The largest absolute Gasteiger partial charge is 0.355 e. The first kappa shape index (κ1) is 14.7. The zero-order valence-electron chi connectivity index (χ0n) is 10.9. The average molecular weight is 309 g/mol. The molecule has 106 valence electrons. The number of hydrogen-bond donors (Lipinski definition) is 1. The Morgan fingerprint density at radius 1 is 1.20 bits per heavy atom. The van der Waals surface area contributed by atoms with Gasteiger partial charge in [0.05, 0.1) is 0 Å². The van der Waals surface area contributed by atoms with Crippen LogP contribution < -0.4 is 5.32 Å². The molecule has 0 spiro atoms. The average Bonchev–Trinajstić information content (AvgIpc) is 2.94. The van der Waals surface area contributed by atoms with E-state index in [1.54, 1.807) is 41.8 Å². The molecule has 20 heavy (non-hydrogen) atoms. The lowest BCUT2D eigenvalue weighted by Crippen LogP contribution is -2.30. The predicted octanol–water partition coefficient (Wildman–Crippen LogP) is 2.40. The first-order chi connectivity index (χ1) is 9.51. The monoisotopic (exact) mass is 309 g/mol. The highest BCUT2D eigenvalue weighted by atomic mass is 32.2. The van der Waals surface area contributed by atoms with Gasteiger partial charge >= 0.3 is 0 Å². The molecule has 0 fully saturated rings. The topological polar surface area (TPSA) is 63.2 Å². The summed E-state index contributed by atoms with van der Waals surface area (Å²) in [6.07, 6.45) is 0. The zero-order valence-corrected chi connectivity index (χ0v) is 12.6. The van der Waals surface area contributed by atoms with Gasteiger partial charge in [0.2, 0.25) is 5.91 Å². The van der Waals surface area contributed by atoms with Crippen LogP contribution in [0.25, 0.3) is 0 Å². The fraction of sp³-hybridized carbons (Fsp3) is 0.214.